The third-order valence-electron chi connectivity index (χ3n) is 10.8. The lowest BCUT2D eigenvalue weighted by atomic mass is 9.80. The van der Waals surface area contributed by atoms with E-state index in [1.807, 2.05) is 84.9 Å². The van der Waals surface area contributed by atoms with Crippen molar-refractivity contribution in [2.75, 3.05) is 25.2 Å². The second-order valence-electron chi connectivity index (χ2n) is 14.7. The molecule has 5 N–H and O–H groups in total. The molecule has 2 aliphatic heterocycles. The fraction of sp³-hybridized carbons (Fsp3) is 0.341. The highest BCUT2D eigenvalue weighted by Gasteiger charge is 2.45. The molecular weight excluding hydrogens is 799 g/mol. The second kappa shape index (κ2) is 16.6. The van der Waals surface area contributed by atoms with E-state index < -0.39 is 75.2 Å². The zero-order chi connectivity index (χ0) is 42.2. The SMILES string of the molecule is COc1ccc(C(OC[C@H]2O[C@@H](n3cnc4c(=O)[nH]c(N)nc43)C[C@@H]2OS(=O)(=O)CC[C@H]2O[C@@H](n3cc(C)c(=O)[nH]c3=O)C[C@@H]2O)(c2ccccc2)c2ccccc2)cc1. The van der Waals surface area contributed by atoms with E-state index in [1.165, 1.54) is 28.6 Å². The maximum atomic E-state index is 13.8. The van der Waals surface area contributed by atoms with Crippen molar-refractivity contribution in [2.45, 2.75) is 68.7 Å². The number of imidazole rings is 1. The van der Waals surface area contributed by atoms with Crippen LogP contribution in [-0.4, -0.2) is 86.5 Å². The van der Waals surface area contributed by atoms with Gasteiger partial charge < -0.3 is 29.8 Å². The number of H-pyrrole nitrogens is 2. The minimum atomic E-state index is -4.35. The van der Waals surface area contributed by atoms with Gasteiger partial charge in [0, 0.05) is 24.6 Å². The molecule has 6 atom stereocenters. The number of hydrogen-bond donors (Lipinski definition) is 4. The number of methoxy groups -OCH3 is 1. The largest absolute Gasteiger partial charge is 0.497 e. The third-order valence-corrected chi connectivity index (χ3v) is 12.1. The van der Waals surface area contributed by atoms with Crippen LogP contribution in [0.5, 0.6) is 5.75 Å². The van der Waals surface area contributed by atoms with Crippen molar-refractivity contribution >= 4 is 27.2 Å². The van der Waals surface area contributed by atoms with Crippen LogP contribution in [0, 0.1) is 6.92 Å². The Bertz CT molecular complexity index is 2720. The highest BCUT2D eigenvalue weighted by molar-refractivity contribution is 7.86. The van der Waals surface area contributed by atoms with Crippen molar-refractivity contribution in [3.63, 3.8) is 0 Å². The maximum absolute atomic E-state index is 13.8. The van der Waals surface area contributed by atoms with Gasteiger partial charge in [-0.3, -0.25) is 32.9 Å². The highest BCUT2D eigenvalue weighted by Crippen LogP contribution is 2.43. The first-order valence-electron chi connectivity index (χ1n) is 19.2. The molecule has 18 nitrogen and oxygen atoms in total. The van der Waals surface area contributed by atoms with Gasteiger partial charge in [-0.05, 0) is 42.2 Å². The van der Waals surface area contributed by atoms with Gasteiger partial charge >= 0.3 is 5.69 Å². The monoisotopic (exact) mass is 841 g/mol. The third kappa shape index (κ3) is 8.02. The molecule has 0 aliphatic carbocycles. The fourth-order valence-corrected chi connectivity index (χ4v) is 9.04. The summed E-state index contributed by atoms with van der Waals surface area (Å²) in [4.78, 5) is 50.2. The average molecular weight is 842 g/mol. The predicted octanol–water partition coefficient (Wildman–Crippen LogP) is 2.62. The summed E-state index contributed by atoms with van der Waals surface area (Å²) in [6, 6.07) is 26.6. The Balaban J connectivity index is 1.09. The number of aromatic amines is 2. The Hall–Kier alpha value is -5.96. The van der Waals surface area contributed by atoms with Gasteiger partial charge in [0.1, 0.15) is 36.0 Å². The number of ether oxygens (including phenoxy) is 4. The number of nitrogens with one attached hydrogen (secondary N) is 2. The zero-order valence-electron chi connectivity index (χ0n) is 32.5. The molecule has 0 amide bonds. The number of benzene rings is 3. The minimum Gasteiger partial charge on any atom is -0.497 e. The molecule has 0 saturated carbocycles. The Kier molecular flexibility index (Phi) is 11.3. The molecule has 8 rings (SSSR count). The summed E-state index contributed by atoms with van der Waals surface area (Å²) in [7, 11) is -2.77. The van der Waals surface area contributed by atoms with Crippen molar-refractivity contribution in [1.29, 1.82) is 0 Å². The molecule has 0 bridgehead atoms. The van der Waals surface area contributed by atoms with Crippen LogP contribution in [0.4, 0.5) is 5.95 Å². The number of aliphatic hydroxyl groups excluding tert-OH is 1. The number of rotatable bonds is 14. The quantitative estimate of drug-likeness (QED) is 0.0911. The average Bonchev–Trinajstić information content (AvgIpc) is 3.96. The van der Waals surface area contributed by atoms with Crippen molar-refractivity contribution in [1.82, 2.24) is 29.1 Å². The van der Waals surface area contributed by atoms with Crippen molar-refractivity contribution in [3.8, 4) is 5.75 Å². The van der Waals surface area contributed by atoms with E-state index in [0.717, 1.165) is 16.7 Å². The van der Waals surface area contributed by atoms with Gasteiger partial charge in [-0.25, -0.2) is 9.78 Å². The second-order valence-corrected chi connectivity index (χ2v) is 16.4. The molecule has 2 aliphatic rings. The molecule has 3 aromatic heterocycles. The van der Waals surface area contributed by atoms with Gasteiger partial charge in [0.25, 0.3) is 21.2 Å². The van der Waals surface area contributed by atoms with Crippen LogP contribution < -0.4 is 27.3 Å². The lowest BCUT2D eigenvalue weighted by molar-refractivity contribution is -0.0897. The maximum Gasteiger partial charge on any atom is 0.330 e. The molecule has 19 heteroatoms. The number of fused-ring (bicyclic) bond motifs is 1. The fourth-order valence-electron chi connectivity index (χ4n) is 7.85. The number of aryl methyl sites for hydroxylation is 1. The molecule has 2 fully saturated rings. The standard InChI is InChI=1S/C41H43N7O11S/c1-24-21-47(40(52)46-37(24)50)33-19-29(49)30(57-33)17-18-60(53,54)59-31-20-34(48-23-43-35-36(48)44-39(42)45-38(35)51)58-32(31)22-56-41(25-9-5-3-6-10-25,26-11-7-4-8-12-26)27-13-15-28(55-2)16-14-27/h3-16,21,23,29-34,49H,17-20,22H2,1-2H3,(H,46,50,52)(H3,42,44,45,51)/t29-,30+,31-,32+,33+,34+/m0/s1. The van der Waals surface area contributed by atoms with E-state index in [2.05, 4.69) is 19.9 Å². The van der Waals surface area contributed by atoms with Crippen LogP contribution >= 0.6 is 0 Å². The number of nitrogen functional groups attached to an aromatic ring is 1. The van der Waals surface area contributed by atoms with Gasteiger partial charge in [0.15, 0.2) is 11.2 Å². The Morgan fingerprint density at radius 2 is 1.50 bits per heavy atom. The van der Waals surface area contributed by atoms with Gasteiger partial charge in [0.05, 0.1) is 38.0 Å². The zero-order valence-corrected chi connectivity index (χ0v) is 33.4. The van der Waals surface area contributed by atoms with Crippen molar-refractivity contribution in [3.05, 3.63) is 151 Å². The van der Waals surface area contributed by atoms with E-state index in [0.29, 0.717) is 5.75 Å². The summed E-state index contributed by atoms with van der Waals surface area (Å²) < 4.78 is 61.3. The van der Waals surface area contributed by atoms with Crippen molar-refractivity contribution in [2.24, 2.45) is 0 Å². The molecule has 60 heavy (non-hydrogen) atoms. The number of aliphatic hydroxyl groups is 1. The molecule has 0 radical (unpaired) electrons. The summed E-state index contributed by atoms with van der Waals surface area (Å²) >= 11 is 0. The molecular formula is C41H43N7O11S. The molecule has 2 saturated heterocycles. The first-order valence-corrected chi connectivity index (χ1v) is 20.8. The van der Waals surface area contributed by atoms with Crippen LogP contribution in [0.2, 0.25) is 0 Å². The van der Waals surface area contributed by atoms with Crippen LogP contribution in [0.15, 0.2) is 112 Å². The molecule has 0 unspecified atom stereocenters. The number of anilines is 1. The normalized spacial score (nSPS) is 22.1. The smallest absolute Gasteiger partial charge is 0.330 e. The van der Waals surface area contributed by atoms with E-state index in [4.69, 9.17) is 28.9 Å². The van der Waals surface area contributed by atoms with Gasteiger partial charge in [-0.2, -0.15) is 13.4 Å². The topological polar surface area (TPSA) is 245 Å². The number of hydrogen-bond acceptors (Lipinski definition) is 14. The Labute approximate surface area is 342 Å². The number of nitrogens with zero attached hydrogens (tertiary/aromatic N) is 4. The van der Waals surface area contributed by atoms with E-state index in [9.17, 15) is 27.9 Å². The highest BCUT2D eigenvalue weighted by atomic mass is 32.2. The Morgan fingerprint density at radius 1 is 0.867 bits per heavy atom. The van der Waals surface area contributed by atoms with Gasteiger partial charge in [-0.1, -0.05) is 72.8 Å². The van der Waals surface area contributed by atoms with Gasteiger partial charge in [0.2, 0.25) is 5.95 Å². The first kappa shape index (κ1) is 40.8. The van der Waals surface area contributed by atoms with Crippen LogP contribution in [-0.2, 0) is 34.1 Å². The van der Waals surface area contributed by atoms with Crippen molar-refractivity contribution < 1.29 is 36.7 Å². The Morgan fingerprint density at radius 3 is 2.17 bits per heavy atom. The van der Waals surface area contributed by atoms with E-state index in [1.54, 1.807) is 7.11 Å². The summed E-state index contributed by atoms with van der Waals surface area (Å²) in [5.74, 6) is -0.0563. The molecule has 0 spiro atoms. The lowest BCUT2D eigenvalue weighted by Gasteiger charge is -2.37. The summed E-state index contributed by atoms with van der Waals surface area (Å²) in [6.45, 7) is 1.34. The summed E-state index contributed by atoms with van der Waals surface area (Å²) in [5.41, 5.74) is 5.57. The lowest BCUT2D eigenvalue weighted by Crippen LogP contribution is -2.39. The molecule has 314 valence electrons. The predicted molar refractivity (Wildman–Crippen MR) is 217 cm³/mol. The molecule has 3 aromatic carbocycles. The number of aromatic nitrogens is 6. The summed E-state index contributed by atoms with van der Waals surface area (Å²) in [6.07, 6.45) is -3.56. The van der Waals surface area contributed by atoms with Gasteiger partial charge in [-0.15, -0.1) is 0 Å². The van der Waals surface area contributed by atoms with E-state index in [-0.39, 0.29) is 48.5 Å². The van der Waals surface area contributed by atoms with E-state index >= 15 is 0 Å². The minimum absolute atomic E-state index is 0.00641. The van der Waals surface area contributed by atoms with Crippen LogP contribution in [0.3, 0.4) is 0 Å². The molecule has 6 aromatic rings. The first-order chi connectivity index (χ1) is 28.8. The van der Waals surface area contributed by atoms with Crippen LogP contribution in [0.25, 0.3) is 11.2 Å². The van der Waals surface area contributed by atoms with Crippen LogP contribution in [0.1, 0.15) is 54.0 Å². The summed E-state index contributed by atoms with van der Waals surface area (Å²) in [5, 5.41) is 10.8. The molecule has 5 heterocycles. The number of nitrogens with two attached hydrogens (primary N) is 1.